The number of hydrogen-bond acceptors (Lipinski definition) is 6. The fraction of sp³-hybridized carbons (Fsp3) is 0.182. The molecular weight excluding hydrogens is 402 g/mol. The van der Waals surface area contributed by atoms with E-state index in [0.717, 1.165) is 22.0 Å². The van der Waals surface area contributed by atoms with E-state index >= 15 is 0 Å². The third kappa shape index (κ3) is 3.37. The Morgan fingerprint density at radius 3 is 2.67 bits per heavy atom. The van der Waals surface area contributed by atoms with Crippen molar-refractivity contribution in [3.05, 3.63) is 64.8 Å². The molecule has 0 aliphatic carbocycles. The quantitative estimate of drug-likeness (QED) is 0.387. The number of aromatic nitrogens is 4. The highest BCUT2D eigenvalue weighted by Gasteiger charge is 2.20. The lowest BCUT2D eigenvalue weighted by atomic mass is 9.97. The predicted molar refractivity (Wildman–Crippen MR) is 117 cm³/mol. The van der Waals surface area contributed by atoms with Crippen LogP contribution in [-0.4, -0.2) is 32.6 Å². The van der Waals surface area contributed by atoms with Crippen molar-refractivity contribution >= 4 is 44.8 Å². The van der Waals surface area contributed by atoms with Crippen LogP contribution in [0.15, 0.2) is 48.4 Å². The Hall–Kier alpha value is -3.45. The summed E-state index contributed by atoms with van der Waals surface area (Å²) < 4.78 is 7.44. The Labute approximate surface area is 178 Å². The standard InChI is InChI=1S/C22H20ClN5O2/c1-12(24)20(13(2)29)16-8-18-15(9-19(16)30-3)21-17(22(23)27-18)10-26-28(21)11-14-6-4-5-7-25-14/h4-10H,11,24H2,1-3H3. The van der Waals surface area contributed by atoms with Crippen LogP contribution in [0.2, 0.25) is 5.15 Å². The van der Waals surface area contributed by atoms with Crippen LogP contribution in [0.3, 0.4) is 0 Å². The van der Waals surface area contributed by atoms with Crippen LogP contribution in [0.5, 0.6) is 5.75 Å². The first-order chi connectivity index (χ1) is 14.4. The molecule has 0 unspecified atom stereocenters. The minimum Gasteiger partial charge on any atom is -0.496 e. The Balaban J connectivity index is 2.01. The molecule has 0 aliphatic rings. The number of hydrogen-bond donors (Lipinski definition) is 1. The van der Waals surface area contributed by atoms with Gasteiger partial charge in [-0.15, -0.1) is 0 Å². The zero-order chi connectivity index (χ0) is 21.4. The zero-order valence-corrected chi connectivity index (χ0v) is 17.6. The van der Waals surface area contributed by atoms with Gasteiger partial charge in [0.1, 0.15) is 10.9 Å². The second kappa shape index (κ2) is 7.76. The topological polar surface area (TPSA) is 95.9 Å². The summed E-state index contributed by atoms with van der Waals surface area (Å²) in [6.07, 6.45) is 3.44. The summed E-state index contributed by atoms with van der Waals surface area (Å²) in [6, 6.07) is 9.36. The summed E-state index contributed by atoms with van der Waals surface area (Å²) in [5.41, 5.74) is 9.68. The number of pyridine rings is 2. The number of halogens is 1. The average Bonchev–Trinajstić information content (AvgIpc) is 3.12. The molecule has 3 heterocycles. The van der Waals surface area contributed by atoms with E-state index in [-0.39, 0.29) is 5.78 Å². The first-order valence-corrected chi connectivity index (χ1v) is 9.68. The number of fused-ring (bicyclic) bond motifs is 3. The number of nitrogens with two attached hydrogens (primary N) is 1. The van der Waals surface area contributed by atoms with Gasteiger partial charge >= 0.3 is 0 Å². The molecule has 4 rings (SSSR count). The minimum atomic E-state index is -0.153. The third-order valence-corrected chi connectivity index (χ3v) is 5.20. The molecule has 0 amide bonds. The number of ketones is 1. The van der Waals surface area contributed by atoms with Gasteiger partial charge in [-0.2, -0.15) is 5.10 Å². The van der Waals surface area contributed by atoms with Gasteiger partial charge in [-0.1, -0.05) is 17.7 Å². The normalized spacial score (nSPS) is 12.3. The maximum Gasteiger partial charge on any atom is 0.162 e. The van der Waals surface area contributed by atoms with Crippen molar-refractivity contribution in [2.75, 3.05) is 7.11 Å². The molecule has 0 aliphatic heterocycles. The van der Waals surface area contributed by atoms with E-state index in [9.17, 15) is 4.79 Å². The molecule has 0 bridgehead atoms. The highest BCUT2D eigenvalue weighted by Crippen LogP contribution is 2.36. The van der Waals surface area contributed by atoms with Crippen molar-refractivity contribution in [2.24, 2.45) is 5.73 Å². The third-order valence-electron chi connectivity index (χ3n) is 4.91. The lowest BCUT2D eigenvalue weighted by Crippen LogP contribution is -2.07. The van der Waals surface area contributed by atoms with Crippen LogP contribution < -0.4 is 10.5 Å². The summed E-state index contributed by atoms with van der Waals surface area (Å²) >= 11 is 6.47. The highest BCUT2D eigenvalue weighted by molar-refractivity contribution is 6.35. The Kier molecular flexibility index (Phi) is 5.13. The van der Waals surface area contributed by atoms with E-state index < -0.39 is 0 Å². The molecule has 7 nitrogen and oxygen atoms in total. The fourth-order valence-corrected chi connectivity index (χ4v) is 3.88. The van der Waals surface area contributed by atoms with Gasteiger partial charge in [0, 0.05) is 28.4 Å². The van der Waals surface area contributed by atoms with Gasteiger partial charge in [0.15, 0.2) is 5.78 Å². The van der Waals surface area contributed by atoms with Gasteiger partial charge in [0.25, 0.3) is 0 Å². The number of allylic oxidation sites excluding steroid dienone is 2. The molecule has 8 heteroatoms. The first-order valence-electron chi connectivity index (χ1n) is 9.31. The Morgan fingerprint density at radius 1 is 1.23 bits per heavy atom. The smallest absolute Gasteiger partial charge is 0.162 e. The molecule has 3 aromatic heterocycles. The molecule has 0 fully saturated rings. The lowest BCUT2D eigenvalue weighted by molar-refractivity contribution is -0.111. The van der Waals surface area contributed by atoms with E-state index in [1.807, 2.05) is 28.9 Å². The number of methoxy groups -OCH3 is 1. The molecule has 0 saturated heterocycles. The largest absolute Gasteiger partial charge is 0.496 e. The zero-order valence-electron chi connectivity index (χ0n) is 16.8. The molecule has 2 N–H and O–H groups in total. The van der Waals surface area contributed by atoms with E-state index in [1.165, 1.54) is 6.92 Å². The molecular formula is C22H20ClN5O2. The summed E-state index contributed by atoms with van der Waals surface area (Å²) in [7, 11) is 1.56. The average molecular weight is 422 g/mol. The number of nitrogens with zero attached hydrogens (tertiary/aromatic N) is 4. The van der Waals surface area contributed by atoms with Gasteiger partial charge < -0.3 is 10.5 Å². The fourth-order valence-electron chi connectivity index (χ4n) is 3.65. The van der Waals surface area contributed by atoms with Crippen molar-refractivity contribution in [3.8, 4) is 5.75 Å². The Morgan fingerprint density at radius 2 is 2.03 bits per heavy atom. The van der Waals surface area contributed by atoms with E-state index in [4.69, 9.17) is 22.1 Å². The number of carbonyl (C=O) groups excluding carboxylic acids is 1. The van der Waals surface area contributed by atoms with Gasteiger partial charge in [-0.05, 0) is 38.1 Å². The highest BCUT2D eigenvalue weighted by atomic mass is 35.5. The maximum absolute atomic E-state index is 12.2. The summed E-state index contributed by atoms with van der Waals surface area (Å²) in [5, 5.41) is 6.37. The van der Waals surface area contributed by atoms with Crippen LogP contribution in [0, 0.1) is 0 Å². The number of carbonyl (C=O) groups is 1. The molecule has 0 atom stereocenters. The molecule has 0 saturated carbocycles. The summed E-state index contributed by atoms with van der Waals surface area (Å²) in [6.45, 7) is 3.64. The van der Waals surface area contributed by atoms with Crippen LogP contribution in [0.1, 0.15) is 25.1 Å². The number of rotatable bonds is 5. The second-order valence-corrected chi connectivity index (χ2v) is 7.33. The first kappa shape index (κ1) is 19.8. The van der Waals surface area contributed by atoms with E-state index in [1.54, 1.807) is 32.5 Å². The van der Waals surface area contributed by atoms with Crippen molar-refractivity contribution < 1.29 is 9.53 Å². The van der Waals surface area contributed by atoms with Crippen molar-refractivity contribution in [1.29, 1.82) is 0 Å². The van der Waals surface area contributed by atoms with Gasteiger partial charge in [0.05, 0.1) is 42.0 Å². The van der Waals surface area contributed by atoms with Gasteiger partial charge in [-0.3, -0.25) is 14.5 Å². The minimum absolute atomic E-state index is 0.153. The number of Topliss-reactive ketones (excluding diaryl/α,β-unsaturated/α-hetero) is 1. The molecule has 30 heavy (non-hydrogen) atoms. The molecule has 4 aromatic rings. The molecule has 152 valence electrons. The van der Waals surface area contributed by atoms with Gasteiger partial charge in [0.2, 0.25) is 0 Å². The SMILES string of the molecule is COc1cc2c(cc1C(C(C)=O)=C(C)N)nc(Cl)c1cnn(Cc3ccccn3)c12. The maximum atomic E-state index is 12.2. The van der Waals surface area contributed by atoms with Crippen molar-refractivity contribution in [1.82, 2.24) is 19.7 Å². The van der Waals surface area contributed by atoms with Crippen LogP contribution in [0.25, 0.3) is 27.4 Å². The van der Waals surface area contributed by atoms with E-state index in [0.29, 0.717) is 39.8 Å². The van der Waals surface area contributed by atoms with E-state index in [2.05, 4.69) is 15.1 Å². The summed E-state index contributed by atoms with van der Waals surface area (Å²) in [5.74, 6) is 0.369. The Bertz CT molecular complexity index is 1310. The molecule has 1 aromatic carbocycles. The molecule has 0 spiro atoms. The van der Waals surface area contributed by atoms with Crippen LogP contribution in [-0.2, 0) is 11.3 Å². The summed E-state index contributed by atoms with van der Waals surface area (Å²) in [4.78, 5) is 21.1. The van der Waals surface area contributed by atoms with Crippen LogP contribution >= 0.6 is 11.6 Å². The second-order valence-electron chi connectivity index (χ2n) is 6.97. The molecule has 0 radical (unpaired) electrons. The number of ether oxygens (including phenoxy) is 1. The predicted octanol–water partition coefficient (Wildman–Crippen LogP) is 3.97. The van der Waals surface area contributed by atoms with Crippen molar-refractivity contribution in [3.63, 3.8) is 0 Å². The monoisotopic (exact) mass is 421 g/mol. The number of benzene rings is 1. The van der Waals surface area contributed by atoms with Crippen molar-refractivity contribution in [2.45, 2.75) is 20.4 Å². The van der Waals surface area contributed by atoms with Gasteiger partial charge in [-0.25, -0.2) is 4.98 Å². The van der Waals surface area contributed by atoms with Crippen LogP contribution in [0.4, 0.5) is 0 Å². The lowest BCUT2D eigenvalue weighted by Gasteiger charge is -2.14.